The zero-order valence-corrected chi connectivity index (χ0v) is 19.7. The molecule has 0 aliphatic carbocycles. The number of nitrogens with one attached hydrogen (secondary N) is 2. The van der Waals surface area contributed by atoms with E-state index in [0.29, 0.717) is 24.3 Å². The predicted molar refractivity (Wildman–Crippen MR) is 131 cm³/mol. The number of halogens is 3. The van der Waals surface area contributed by atoms with Gasteiger partial charge in [-0.05, 0) is 48.4 Å². The number of ether oxygens (including phenoxy) is 1. The molecule has 0 fully saturated rings. The molecule has 1 aliphatic rings. The number of anilines is 1. The summed E-state index contributed by atoms with van der Waals surface area (Å²) in [5.41, 5.74) is 2.77. The molecule has 1 aliphatic heterocycles. The maximum atomic E-state index is 13.4. The second-order valence-electron chi connectivity index (χ2n) is 8.50. The largest absolute Gasteiger partial charge is 0.573 e. The number of aromatic nitrogens is 3. The van der Waals surface area contributed by atoms with Crippen molar-refractivity contribution in [2.45, 2.75) is 24.2 Å². The first-order valence-electron chi connectivity index (χ1n) is 11.1. The van der Waals surface area contributed by atoms with Gasteiger partial charge >= 0.3 is 6.36 Å². The number of aromatic amines is 1. The minimum Gasteiger partial charge on any atom is -0.404 e. The first-order valence-corrected chi connectivity index (χ1v) is 12.6. The van der Waals surface area contributed by atoms with Gasteiger partial charge in [0.15, 0.2) is 5.82 Å². The van der Waals surface area contributed by atoms with Crippen molar-refractivity contribution in [1.29, 1.82) is 0 Å². The number of hydrogen-bond acceptors (Lipinski definition) is 5. The summed E-state index contributed by atoms with van der Waals surface area (Å²) in [4.78, 5) is 20.7. The zero-order chi connectivity index (χ0) is 25.9. The highest BCUT2D eigenvalue weighted by Gasteiger charge is 2.34. The highest BCUT2D eigenvalue weighted by molar-refractivity contribution is 7.92. The molecule has 2 N–H and O–H groups in total. The summed E-state index contributed by atoms with van der Waals surface area (Å²) in [5, 5.41) is 1.24. The number of aryl methyl sites for hydroxylation is 1. The number of alkyl halides is 3. The van der Waals surface area contributed by atoms with E-state index in [1.807, 2.05) is 24.3 Å². The molecule has 3 heterocycles. The second kappa shape index (κ2) is 8.10. The number of rotatable bonds is 4. The van der Waals surface area contributed by atoms with Crippen LogP contribution in [0.5, 0.6) is 5.75 Å². The molecule has 0 saturated heterocycles. The number of para-hydroxylation sites is 2. The molecule has 5 aromatic rings. The van der Waals surface area contributed by atoms with E-state index >= 15 is 0 Å². The summed E-state index contributed by atoms with van der Waals surface area (Å²) in [6.45, 7) is 0.393. The van der Waals surface area contributed by atoms with Crippen LogP contribution in [0.3, 0.4) is 0 Å². The predicted octanol–water partition coefficient (Wildman–Crippen LogP) is 4.80. The molecule has 12 heteroatoms. The van der Waals surface area contributed by atoms with E-state index in [9.17, 15) is 26.4 Å². The molecule has 2 aromatic heterocycles. The Morgan fingerprint density at radius 1 is 1.00 bits per heavy atom. The summed E-state index contributed by atoms with van der Waals surface area (Å²) in [6, 6.07) is 16.4. The van der Waals surface area contributed by atoms with E-state index in [1.54, 1.807) is 0 Å². The number of hydrogen-bond donors (Lipinski definition) is 2. The number of fused-ring (bicyclic) bond motifs is 6. The Balaban J connectivity index is 1.41. The van der Waals surface area contributed by atoms with Crippen molar-refractivity contribution < 1.29 is 26.3 Å². The Morgan fingerprint density at radius 3 is 2.57 bits per heavy atom. The first-order chi connectivity index (χ1) is 17.6. The van der Waals surface area contributed by atoms with E-state index in [1.165, 1.54) is 34.9 Å². The van der Waals surface area contributed by atoms with Crippen LogP contribution in [-0.4, -0.2) is 29.3 Å². The van der Waals surface area contributed by atoms with Crippen molar-refractivity contribution in [2.75, 3.05) is 4.72 Å². The van der Waals surface area contributed by atoms with Gasteiger partial charge in [0.2, 0.25) is 0 Å². The van der Waals surface area contributed by atoms with Crippen LogP contribution in [0, 0.1) is 0 Å². The molecule has 6 rings (SSSR count). The number of sulfonamides is 1. The third-order valence-electron chi connectivity index (χ3n) is 6.19. The van der Waals surface area contributed by atoms with Gasteiger partial charge in [-0.3, -0.25) is 14.1 Å². The monoisotopic (exact) mass is 526 g/mol. The number of benzene rings is 3. The molecule has 0 saturated carbocycles. The molecule has 0 bridgehead atoms. The molecule has 8 nitrogen and oxygen atoms in total. The summed E-state index contributed by atoms with van der Waals surface area (Å²) in [6.07, 6.45) is -4.46. The van der Waals surface area contributed by atoms with Gasteiger partial charge in [-0.2, -0.15) is 0 Å². The molecule has 0 spiro atoms. The Bertz CT molecular complexity index is 1880. The zero-order valence-electron chi connectivity index (χ0n) is 18.8. The average Bonchev–Trinajstić information content (AvgIpc) is 3.23. The van der Waals surface area contributed by atoms with Crippen LogP contribution in [0.25, 0.3) is 33.3 Å². The van der Waals surface area contributed by atoms with Crippen LogP contribution in [0.15, 0.2) is 76.4 Å². The fourth-order valence-electron chi connectivity index (χ4n) is 4.65. The molecule has 188 valence electrons. The summed E-state index contributed by atoms with van der Waals surface area (Å²) in [7, 11) is -4.48. The van der Waals surface area contributed by atoms with Gasteiger partial charge in [0.25, 0.3) is 15.6 Å². The average molecular weight is 526 g/mol. The van der Waals surface area contributed by atoms with Gasteiger partial charge in [-0.25, -0.2) is 13.4 Å². The van der Waals surface area contributed by atoms with Crippen molar-refractivity contribution in [3.05, 3.63) is 82.6 Å². The van der Waals surface area contributed by atoms with Crippen molar-refractivity contribution >= 4 is 37.5 Å². The summed E-state index contributed by atoms with van der Waals surface area (Å²) in [5.74, 6) is -0.380. The van der Waals surface area contributed by atoms with Gasteiger partial charge in [-0.1, -0.05) is 30.3 Å². The Kier molecular flexibility index (Phi) is 5.06. The van der Waals surface area contributed by atoms with Crippen LogP contribution in [0.4, 0.5) is 18.9 Å². The Morgan fingerprint density at radius 2 is 1.76 bits per heavy atom. The third-order valence-corrected chi connectivity index (χ3v) is 7.61. The fourth-order valence-corrected chi connectivity index (χ4v) is 5.83. The van der Waals surface area contributed by atoms with Crippen LogP contribution in [-0.2, 0) is 23.0 Å². The highest BCUT2D eigenvalue weighted by atomic mass is 32.2. The minimum absolute atomic E-state index is 0.00382. The maximum absolute atomic E-state index is 13.4. The van der Waals surface area contributed by atoms with E-state index in [0.717, 1.165) is 34.3 Å². The van der Waals surface area contributed by atoms with Crippen molar-refractivity contribution in [1.82, 2.24) is 14.5 Å². The maximum Gasteiger partial charge on any atom is 0.573 e. The molecule has 0 unspecified atom stereocenters. The highest BCUT2D eigenvalue weighted by Crippen LogP contribution is 2.34. The van der Waals surface area contributed by atoms with Gasteiger partial charge in [-0.15, -0.1) is 13.2 Å². The minimum atomic E-state index is -5.07. The van der Waals surface area contributed by atoms with Crippen molar-refractivity contribution in [3.8, 4) is 17.3 Å². The van der Waals surface area contributed by atoms with Gasteiger partial charge in [0, 0.05) is 23.1 Å². The van der Waals surface area contributed by atoms with E-state index in [-0.39, 0.29) is 16.6 Å². The van der Waals surface area contributed by atoms with Gasteiger partial charge in [0.1, 0.15) is 10.6 Å². The lowest BCUT2D eigenvalue weighted by Gasteiger charge is -2.19. The quantitative estimate of drug-likeness (QED) is 0.350. The number of H-pyrrole nitrogens is 1. The van der Waals surface area contributed by atoms with Gasteiger partial charge < -0.3 is 9.72 Å². The lowest BCUT2D eigenvalue weighted by atomic mass is 10.0. The molecule has 0 radical (unpaired) electrons. The summed E-state index contributed by atoms with van der Waals surface area (Å²) < 4.78 is 71.8. The molecular weight excluding hydrogens is 509 g/mol. The Hall–Kier alpha value is -4.32. The fraction of sp³-hybridized carbons (Fsp3) is 0.120. The Labute approximate surface area is 207 Å². The molecule has 0 atom stereocenters. The normalized spacial score (nSPS) is 13.4. The molecule has 3 aromatic carbocycles. The molecule has 37 heavy (non-hydrogen) atoms. The lowest BCUT2D eigenvalue weighted by molar-refractivity contribution is -0.275. The van der Waals surface area contributed by atoms with Crippen LogP contribution < -0.4 is 15.0 Å². The standard InChI is InChI=1S/C25H17F3N4O4S/c26-25(27,28)36-20-7-3-4-8-21(20)37(34,35)31-14-9-10-19-17(13-14)24(33)32-12-11-16-15-5-1-2-6-18(15)29-22(16)23(32)30-19/h1-10,13,29,31H,11-12H2. The first kappa shape index (κ1) is 23.1. The van der Waals surface area contributed by atoms with Crippen molar-refractivity contribution in [3.63, 3.8) is 0 Å². The van der Waals surface area contributed by atoms with E-state index in [4.69, 9.17) is 0 Å². The molecule has 0 amide bonds. The molecular formula is C25H17F3N4O4S. The van der Waals surface area contributed by atoms with Crippen molar-refractivity contribution in [2.24, 2.45) is 0 Å². The number of nitrogens with zero attached hydrogens (tertiary/aromatic N) is 2. The smallest absolute Gasteiger partial charge is 0.404 e. The SMILES string of the molecule is O=c1c2cc(NS(=O)(=O)c3ccccc3OC(F)(F)F)ccc2nc2n1CCc1c-2[nH]c2ccccc12. The lowest BCUT2D eigenvalue weighted by Crippen LogP contribution is -2.27. The van der Waals surface area contributed by atoms with Crippen LogP contribution in [0.2, 0.25) is 0 Å². The second-order valence-corrected chi connectivity index (χ2v) is 10.1. The van der Waals surface area contributed by atoms with Gasteiger partial charge in [0.05, 0.1) is 16.6 Å². The third kappa shape index (κ3) is 3.99. The topological polar surface area (TPSA) is 106 Å². The van der Waals surface area contributed by atoms with E-state index in [2.05, 4.69) is 19.4 Å². The summed E-state index contributed by atoms with van der Waals surface area (Å²) >= 11 is 0. The van der Waals surface area contributed by atoms with Crippen LogP contribution in [0.1, 0.15) is 5.56 Å². The van der Waals surface area contributed by atoms with E-state index < -0.39 is 27.0 Å². The van der Waals surface area contributed by atoms with Crippen LogP contribution >= 0.6 is 0 Å².